The summed E-state index contributed by atoms with van der Waals surface area (Å²) in [5.74, 6) is -0.114. The molecule has 0 atom stereocenters. The fourth-order valence-corrected chi connectivity index (χ4v) is 3.14. The van der Waals surface area contributed by atoms with E-state index in [1.807, 2.05) is 17.8 Å². The van der Waals surface area contributed by atoms with Crippen LogP contribution in [0.25, 0.3) is 0 Å². The summed E-state index contributed by atoms with van der Waals surface area (Å²) in [5, 5.41) is 3.41. The fourth-order valence-electron chi connectivity index (χ4n) is 2.20. The third-order valence-electron chi connectivity index (χ3n) is 3.58. The SMILES string of the molecule is COC(=O)c1occc1CNCC1(SC)CCC1. The monoisotopic (exact) mass is 269 g/mol. The largest absolute Gasteiger partial charge is 0.463 e. The first-order valence-electron chi connectivity index (χ1n) is 6.11. The van der Waals surface area contributed by atoms with Crippen LogP contribution in [0.1, 0.15) is 35.4 Å². The molecule has 1 heterocycles. The lowest BCUT2D eigenvalue weighted by Crippen LogP contribution is -2.43. The molecule has 18 heavy (non-hydrogen) atoms. The van der Waals surface area contributed by atoms with Gasteiger partial charge in [-0.1, -0.05) is 6.42 Å². The molecule has 0 bridgehead atoms. The fraction of sp³-hybridized carbons (Fsp3) is 0.615. The number of nitrogens with one attached hydrogen (secondary N) is 1. The average molecular weight is 269 g/mol. The normalized spacial score (nSPS) is 17.2. The number of hydrogen-bond acceptors (Lipinski definition) is 5. The van der Waals surface area contributed by atoms with Crippen LogP contribution in [0.15, 0.2) is 16.7 Å². The van der Waals surface area contributed by atoms with Crippen LogP contribution in [0.4, 0.5) is 0 Å². The zero-order chi connectivity index (χ0) is 13.0. The topological polar surface area (TPSA) is 51.5 Å². The third-order valence-corrected chi connectivity index (χ3v) is 5.00. The van der Waals surface area contributed by atoms with E-state index in [0.29, 0.717) is 17.1 Å². The van der Waals surface area contributed by atoms with Crippen LogP contribution in [-0.4, -0.2) is 30.6 Å². The van der Waals surface area contributed by atoms with Gasteiger partial charge >= 0.3 is 5.97 Å². The van der Waals surface area contributed by atoms with Gasteiger partial charge in [0.1, 0.15) is 0 Å². The van der Waals surface area contributed by atoms with Gasteiger partial charge in [-0.05, 0) is 25.2 Å². The molecule has 4 nitrogen and oxygen atoms in total. The third kappa shape index (κ3) is 2.72. The summed E-state index contributed by atoms with van der Waals surface area (Å²) >= 11 is 1.93. The first-order chi connectivity index (χ1) is 8.71. The molecule has 100 valence electrons. The molecule has 0 saturated heterocycles. The molecule has 1 aromatic heterocycles. The van der Waals surface area contributed by atoms with E-state index in [1.54, 1.807) is 0 Å². The molecule has 1 aliphatic rings. The summed E-state index contributed by atoms with van der Waals surface area (Å²) in [6.45, 7) is 1.61. The zero-order valence-electron chi connectivity index (χ0n) is 10.8. The molecule has 1 N–H and O–H groups in total. The van der Waals surface area contributed by atoms with Crippen molar-refractivity contribution in [2.75, 3.05) is 19.9 Å². The zero-order valence-corrected chi connectivity index (χ0v) is 11.6. The lowest BCUT2D eigenvalue weighted by molar-refractivity contribution is 0.0563. The molecule has 0 radical (unpaired) electrons. The Bertz CT molecular complexity index is 407. The summed E-state index contributed by atoms with van der Waals surface area (Å²) in [7, 11) is 1.36. The maximum absolute atomic E-state index is 11.4. The highest BCUT2D eigenvalue weighted by Crippen LogP contribution is 2.42. The Kier molecular flexibility index (Phi) is 4.35. The number of carbonyl (C=O) groups excluding carboxylic acids is 1. The summed E-state index contributed by atoms with van der Waals surface area (Å²) in [4.78, 5) is 11.4. The molecule has 1 saturated carbocycles. The van der Waals surface area contributed by atoms with Crippen LogP contribution in [0.5, 0.6) is 0 Å². The minimum atomic E-state index is -0.417. The maximum Gasteiger partial charge on any atom is 0.374 e. The predicted molar refractivity (Wildman–Crippen MR) is 71.9 cm³/mol. The van der Waals surface area contributed by atoms with Crippen molar-refractivity contribution in [1.82, 2.24) is 5.32 Å². The van der Waals surface area contributed by atoms with Gasteiger partial charge in [-0.15, -0.1) is 0 Å². The van der Waals surface area contributed by atoms with Crippen molar-refractivity contribution in [3.63, 3.8) is 0 Å². The van der Waals surface area contributed by atoms with Crippen molar-refractivity contribution >= 4 is 17.7 Å². The summed E-state index contributed by atoms with van der Waals surface area (Å²) in [6, 6.07) is 1.81. The molecule has 1 fully saturated rings. The number of ether oxygens (including phenoxy) is 1. The smallest absolute Gasteiger partial charge is 0.374 e. The van der Waals surface area contributed by atoms with Crippen LogP contribution in [0.3, 0.4) is 0 Å². The first-order valence-corrected chi connectivity index (χ1v) is 7.34. The van der Waals surface area contributed by atoms with Crippen LogP contribution < -0.4 is 5.32 Å². The lowest BCUT2D eigenvalue weighted by Gasteiger charge is -2.40. The number of hydrogen-bond donors (Lipinski definition) is 1. The molecule has 0 spiro atoms. The van der Waals surface area contributed by atoms with E-state index < -0.39 is 5.97 Å². The molecule has 5 heteroatoms. The van der Waals surface area contributed by atoms with Gasteiger partial charge in [-0.2, -0.15) is 11.8 Å². The van der Waals surface area contributed by atoms with Gasteiger partial charge < -0.3 is 14.5 Å². The number of esters is 1. The molecule has 0 unspecified atom stereocenters. The van der Waals surface area contributed by atoms with Crippen LogP contribution in [0, 0.1) is 0 Å². The second kappa shape index (κ2) is 5.80. The van der Waals surface area contributed by atoms with E-state index in [1.165, 1.54) is 32.6 Å². The van der Waals surface area contributed by atoms with Crippen molar-refractivity contribution < 1.29 is 13.9 Å². The molecule has 1 aromatic rings. The summed E-state index contributed by atoms with van der Waals surface area (Å²) < 4.78 is 10.2. The highest BCUT2D eigenvalue weighted by molar-refractivity contribution is 8.00. The quantitative estimate of drug-likeness (QED) is 0.804. The number of methoxy groups -OCH3 is 1. The minimum absolute atomic E-state index is 0.303. The van der Waals surface area contributed by atoms with Crippen molar-refractivity contribution in [3.8, 4) is 0 Å². The van der Waals surface area contributed by atoms with Gasteiger partial charge in [0.2, 0.25) is 5.76 Å². The number of carbonyl (C=O) groups is 1. The second-order valence-electron chi connectivity index (χ2n) is 4.61. The Hall–Kier alpha value is -0.940. The van der Waals surface area contributed by atoms with E-state index in [-0.39, 0.29) is 0 Å². The van der Waals surface area contributed by atoms with Crippen molar-refractivity contribution in [2.24, 2.45) is 0 Å². The van der Waals surface area contributed by atoms with Gasteiger partial charge in [0.25, 0.3) is 0 Å². The Labute approximate surface area is 111 Å². The van der Waals surface area contributed by atoms with Crippen LogP contribution in [0.2, 0.25) is 0 Å². The molecule has 0 aromatic carbocycles. The Morgan fingerprint density at radius 3 is 2.94 bits per heavy atom. The number of thioether (sulfide) groups is 1. The molecule has 0 aliphatic heterocycles. The average Bonchev–Trinajstić information content (AvgIpc) is 2.80. The van der Waals surface area contributed by atoms with Gasteiger partial charge in [0.05, 0.1) is 13.4 Å². The van der Waals surface area contributed by atoms with E-state index in [9.17, 15) is 4.79 Å². The Morgan fingerprint density at radius 2 is 2.39 bits per heavy atom. The van der Waals surface area contributed by atoms with Crippen LogP contribution in [-0.2, 0) is 11.3 Å². The highest BCUT2D eigenvalue weighted by Gasteiger charge is 2.35. The predicted octanol–water partition coefficient (Wildman–Crippen LogP) is 2.44. The van der Waals surface area contributed by atoms with Crippen molar-refractivity contribution in [1.29, 1.82) is 0 Å². The Morgan fingerprint density at radius 1 is 1.61 bits per heavy atom. The van der Waals surface area contributed by atoms with E-state index in [4.69, 9.17) is 4.42 Å². The molecule has 1 aliphatic carbocycles. The van der Waals surface area contributed by atoms with E-state index in [0.717, 1.165) is 12.1 Å². The second-order valence-corrected chi connectivity index (χ2v) is 5.89. The van der Waals surface area contributed by atoms with Gasteiger partial charge in [-0.3, -0.25) is 0 Å². The molecular formula is C13H19NO3S. The van der Waals surface area contributed by atoms with Gasteiger partial charge in [-0.25, -0.2) is 4.79 Å². The molecule has 2 rings (SSSR count). The Balaban J connectivity index is 1.87. The minimum Gasteiger partial charge on any atom is -0.463 e. The lowest BCUT2D eigenvalue weighted by atomic mass is 9.84. The molecule has 0 amide bonds. The van der Waals surface area contributed by atoms with Crippen molar-refractivity contribution in [3.05, 3.63) is 23.7 Å². The maximum atomic E-state index is 11.4. The summed E-state index contributed by atoms with van der Waals surface area (Å²) in [6.07, 6.45) is 7.56. The number of furan rings is 1. The van der Waals surface area contributed by atoms with E-state index >= 15 is 0 Å². The molecular weight excluding hydrogens is 250 g/mol. The highest BCUT2D eigenvalue weighted by atomic mass is 32.2. The number of rotatable bonds is 6. The van der Waals surface area contributed by atoms with Crippen LogP contribution >= 0.6 is 11.8 Å². The van der Waals surface area contributed by atoms with Crippen molar-refractivity contribution in [2.45, 2.75) is 30.6 Å². The standard InChI is InChI=1S/C13H19NO3S/c1-16-12(15)11-10(4-7-17-11)8-14-9-13(18-2)5-3-6-13/h4,7,14H,3,5-6,8-9H2,1-2H3. The summed E-state index contributed by atoms with van der Waals surface area (Å²) in [5.41, 5.74) is 0.859. The van der Waals surface area contributed by atoms with Gasteiger partial charge in [0.15, 0.2) is 0 Å². The van der Waals surface area contributed by atoms with Gasteiger partial charge in [0, 0.05) is 23.4 Å². The first kappa shape index (κ1) is 13.5. The van der Waals surface area contributed by atoms with E-state index in [2.05, 4.69) is 16.3 Å².